The van der Waals surface area contributed by atoms with E-state index in [1.807, 2.05) is 0 Å². The van der Waals surface area contributed by atoms with Crippen molar-refractivity contribution in [2.24, 2.45) is 0 Å². The highest BCUT2D eigenvalue weighted by Gasteiger charge is 2.26. The van der Waals surface area contributed by atoms with E-state index in [4.69, 9.17) is 0 Å². The molecule has 102 valence electrons. The van der Waals surface area contributed by atoms with Crippen LogP contribution >= 0.6 is 0 Å². The fourth-order valence-corrected chi connectivity index (χ4v) is 1.34. The van der Waals surface area contributed by atoms with Crippen LogP contribution in [0.15, 0.2) is 0 Å². The summed E-state index contributed by atoms with van der Waals surface area (Å²) >= 11 is 0. The van der Waals surface area contributed by atoms with Gasteiger partial charge < -0.3 is 10.6 Å². The second kappa shape index (κ2) is 6.34. The zero-order valence-corrected chi connectivity index (χ0v) is 10.9. The summed E-state index contributed by atoms with van der Waals surface area (Å²) in [5.41, 5.74) is 0. The van der Waals surface area contributed by atoms with Crippen molar-refractivity contribution in [1.82, 2.24) is 20.9 Å². The van der Waals surface area contributed by atoms with Crippen LogP contribution in [0.4, 0.5) is 4.79 Å². The molecule has 0 aliphatic heterocycles. The lowest BCUT2D eigenvalue weighted by Crippen LogP contribution is -2.50. The Balaban J connectivity index is 2.34. The molecule has 0 aromatic carbocycles. The Morgan fingerprint density at radius 1 is 1.33 bits per heavy atom. The third kappa shape index (κ3) is 4.70. The van der Waals surface area contributed by atoms with Gasteiger partial charge in [-0.25, -0.2) is 4.79 Å². The van der Waals surface area contributed by atoms with Crippen LogP contribution in [0.1, 0.15) is 19.8 Å². The summed E-state index contributed by atoms with van der Waals surface area (Å²) in [5.74, 6) is -0.532. The number of likely N-dealkylation sites (N-methyl/N-ethyl adjacent to an activating group) is 1. The molecule has 0 bridgehead atoms. The molecule has 0 heterocycles. The zero-order chi connectivity index (χ0) is 13.7. The number of imide groups is 1. The third-order valence-electron chi connectivity index (χ3n) is 2.84. The van der Waals surface area contributed by atoms with Crippen LogP contribution in [-0.2, 0) is 9.59 Å². The maximum absolute atomic E-state index is 11.6. The molecule has 4 amide bonds. The van der Waals surface area contributed by atoms with Gasteiger partial charge in [-0.1, -0.05) is 0 Å². The van der Waals surface area contributed by atoms with Gasteiger partial charge in [0, 0.05) is 13.1 Å². The molecular formula is C11H20N4O3. The molecule has 1 fully saturated rings. The summed E-state index contributed by atoms with van der Waals surface area (Å²) in [5, 5.41) is 7.31. The molecule has 0 aromatic rings. The van der Waals surface area contributed by atoms with Crippen LogP contribution in [-0.4, -0.2) is 55.5 Å². The Kier molecular flexibility index (Phi) is 5.08. The van der Waals surface area contributed by atoms with Gasteiger partial charge >= 0.3 is 6.03 Å². The lowest BCUT2D eigenvalue weighted by molar-refractivity contribution is -0.126. The number of nitrogens with zero attached hydrogens (tertiary/aromatic N) is 1. The van der Waals surface area contributed by atoms with E-state index in [2.05, 4.69) is 16.0 Å². The minimum atomic E-state index is -0.553. The molecule has 7 heteroatoms. The summed E-state index contributed by atoms with van der Waals surface area (Å²) in [6.45, 7) is 1.78. The topological polar surface area (TPSA) is 90.5 Å². The first-order valence-corrected chi connectivity index (χ1v) is 5.96. The van der Waals surface area contributed by atoms with E-state index in [-0.39, 0.29) is 12.5 Å². The van der Waals surface area contributed by atoms with Crippen LogP contribution in [0.25, 0.3) is 0 Å². The molecule has 0 spiro atoms. The van der Waals surface area contributed by atoms with Crippen molar-refractivity contribution >= 4 is 17.8 Å². The van der Waals surface area contributed by atoms with E-state index < -0.39 is 18.0 Å². The molecule has 0 aromatic heterocycles. The molecule has 0 radical (unpaired) electrons. The Morgan fingerprint density at radius 2 is 1.94 bits per heavy atom. The summed E-state index contributed by atoms with van der Waals surface area (Å²) in [4.78, 5) is 35.7. The number of amides is 4. The molecule has 1 unspecified atom stereocenters. The quantitative estimate of drug-likeness (QED) is 0.591. The Hall–Kier alpha value is -1.63. The number of carbonyl (C=O) groups excluding carboxylic acids is 3. The predicted molar refractivity (Wildman–Crippen MR) is 65.9 cm³/mol. The molecule has 18 heavy (non-hydrogen) atoms. The summed E-state index contributed by atoms with van der Waals surface area (Å²) < 4.78 is 0. The smallest absolute Gasteiger partial charge is 0.321 e. The highest BCUT2D eigenvalue weighted by molar-refractivity contribution is 5.96. The van der Waals surface area contributed by atoms with Gasteiger partial charge in [-0.15, -0.1) is 0 Å². The standard InChI is InChI=1S/C11H20N4O3/c1-7(10(17)14-11(18)12-2)15(3)6-9(16)13-8-4-5-8/h7-8H,4-6H2,1-3H3,(H,13,16)(H2,12,14,17,18). The van der Waals surface area contributed by atoms with Crippen molar-refractivity contribution in [3.8, 4) is 0 Å². The number of nitrogens with one attached hydrogen (secondary N) is 3. The zero-order valence-electron chi connectivity index (χ0n) is 10.9. The molecule has 0 saturated heterocycles. The molecule has 1 rings (SSSR count). The summed E-state index contributed by atoms with van der Waals surface area (Å²) in [6.07, 6.45) is 2.06. The van der Waals surface area contributed by atoms with Crippen LogP contribution < -0.4 is 16.0 Å². The van der Waals surface area contributed by atoms with E-state index in [9.17, 15) is 14.4 Å². The molecule has 1 aliphatic rings. The number of hydrogen-bond donors (Lipinski definition) is 3. The van der Waals surface area contributed by atoms with Gasteiger partial charge in [0.2, 0.25) is 11.8 Å². The minimum Gasteiger partial charge on any atom is -0.352 e. The highest BCUT2D eigenvalue weighted by atomic mass is 16.2. The summed E-state index contributed by atoms with van der Waals surface area (Å²) in [7, 11) is 3.10. The second-order valence-electron chi connectivity index (χ2n) is 4.50. The van der Waals surface area contributed by atoms with Crippen LogP contribution in [0.3, 0.4) is 0 Å². The Bertz CT molecular complexity index is 341. The fourth-order valence-electron chi connectivity index (χ4n) is 1.34. The van der Waals surface area contributed by atoms with Gasteiger partial charge in [0.05, 0.1) is 12.6 Å². The maximum atomic E-state index is 11.6. The molecule has 1 atom stereocenters. The number of rotatable bonds is 5. The first-order chi connectivity index (χ1) is 8.43. The second-order valence-corrected chi connectivity index (χ2v) is 4.50. The highest BCUT2D eigenvalue weighted by Crippen LogP contribution is 2.18. The van der Waals surface area contributed by atoms with Crippen molar-refractivity contribution in [2.75, 3.05) is 20.6 Å². The Labute approximate surface area is 106 Å². The van der Waals surface area contributed by atoms with E-state index >= 15 is 0 Å². The average Bonchev–Trinajstić information content (AvgIpc) is 3.11. The van der Waals surface area contributed by atoms with Crippen molar-refractivity contribution in [3.63, 3.8) is 0 Å². The first kappa shape index (κ1) is 14.4. The van der Waals surface area contributed by atoms with Gasteiger partial charge in [0.1, 0.15) is 0 Å². The number of hydrogen-bond acceptors (Lipinski definition) is 4. The maximum Gasteiger partial charge on any atom is 0.321 e. The molecule has 3 N–H and O–H groups in total. The number of urea groups is 1. The van der Waals surface area contributed by atoms with Gasteiger partial charge in [0.15, 0.2) is 0 Å². The largest absolute Gasteiger partial charge is 0.352 e. The lowest BCUT2D eigenvalue weighted by Gasteiger charge is -2.22. The molecular weight excluding hydrogens is 236 g/mol. The van der Waals surface area contributed by atoms with Gasteiger partial charge in [-0.3, -0.25) is 19.8 Å². The van der Waals surface area contributed by atoms with Crippen LogP contribution in [0.2, 0.25) is 0 Å². The Morgan fingerprint density at radius 3 is 2.44 bits per heavy atom. The van der Waals surface area contributed by atoms with Gasteiger partial charge in [-0.2, -0.15) is 0 Å². The van der Waals surface area contributed by atoms with E-state index in [0.29, 0.717) is 6.04 Å². The van der Waals surface area contributed by atoms with Crippen LogP contribution in [0, 0.1) is 0 Å². The van der Waals surface area contributed by atoms with E-state index in [0.717, 1.165) is 12.8 Å². The van der Waals surface area contributed by atoms with Crippen molar-refractivity contribution in [2.45, 2.75) is 31.8 Å². The molecule has 7 nitrogen and oxygen atoms in total. The fraction of sp³-hybridized carbons (Fsp3) is 0.727. The van der Waals surface area contributed by atoms with Crippen molar-refractivity contribution in [3.05, 3.63) is 0 Å². The lowest BCUT2D eigenvalue weighted by atomic mass is 10.2. The van der Waals surface area contributed by atoms with E-state index in [1.54, 1.807) is 18.9 Å². The van der Waals surface area contributed by atoms with Gasteiger partial charge in [-0.05, 0) is 26.8 Å². The SMILES string of the molecule is CNC(=O)NC(=O)C(C)N(C)CC(=O)NC1CC1. The van der Waals surface area contributed by atoms with E-state index in [1.165, 1.54) is 7.05 Å². The van der Waals surface area contributed by atoms with Gasteiger partial charge in [0.25, 0.3) is 0 Å². The average molecular weight is 256 g/mol. The van der Waals surface area contributed by atoms with Crippen molar-refractivity contribution < 1.29 is 14.4 Å². The minimum absolute atomic E-state index is 0.0976. The summed E-state index contributed by atoms with van der Waals surface area (Å²) in [6, 6.07) is -0.796. The predicted octanol–water partition coefficient (Wildman–Crippen LogP) is -0.959. The third-order valence-corrected chi connectivity index (χ3v) is 2.84. The van der Waals surface area contributed by atoms with Crippen LogP contribution in [0.5, 0.6) is 0 Å². The first-order valence-electron chi connectivity index (χ1n) is 5.96. The monoisotopic (exact) mass is 256 g/mol. The number of carbonyl (C=O) groups is 3. The van der Waals surface area contributed by atoms with Crippen molar-refractivity contribution in [1.29, 1.82) is 0 Å². The molecule has 1 aliphatic carbocycles. The molecule has 1 saturated carbocycles. The normalized spacial score (nSPS) is 16.0.